The van der Waals surface area contributed by atoms with E-state index >= 15 is 0 Å². The van der Waals surface area contributed by atoms with Gasteiger partial charge in [-0.2, -0.15) is 5.26 Å². The Morgan fingerprint density at radius 3 is 2.53 bits per heavy atom. The van der Waals surface area contributed by atoms with Gasteiger partial charge in [-0.25, -0.2) is 0 Å². The minimum atomic E-state index is -1.06. The van der Waals surface area contributed by atoms with Gasteiger partial charge in [-0.15, -0.1) is 0 Å². The Kier molecular flexibility index (Phi) is 3.49. The third-order valence-corrected chi connectivity index (χ3v) is 2.93. The molecule has 0 bridgehead atoms. The number of aryl methyl sites for hydroxylation is 1. The van der Waals surface area contributed by atoms with Crippen LogP contribution in [-0.2, 0) is 5.60 Å². The molecule has 2 nitrogen and oxygen atoms in total. The minimum absolute atomic E-state index is 0.362. The summed E-state index contributed by atoms with van der Waals surface area (Å²) in [4.78, 5) is 0. The number of rotatable bonds is 3. The summed E-state index contributed by atoms with van der Waals surface area (Å²) >= 11 is 0. The van der Waals surface area contributed by atoms with E-state index in [1.165, 1.54) is 0 Å². The molecule has 0 amide bonds. The van der Waals surface area contributed by atoms with Gasteiger partial charge in [-0.1, -0.05) is 31.2 Å². The molecule has 2 atom stereocenters. The molecule has 0 fully saturated rings. The lowest BCUT2D eigenvalue weighted by atomic mass is 9.80. The zero-order valence-corrected chi connectivity index (χ0v) is 9.49. The Labute approximate surface area is 91.2 Å². The first-order valence-electron chi connectivity index (χ1n) is 5.22. The largest absolute Gasteiger partial charge is 0.384 e. The van der Waals surface area contributed by atoms with Gasteiger partial charge >= 0.3 is 0 Å². The van der Waals surface area contributed by atoms with Crippen LogP contribution >= 0.6 is 0 Å². The Hall–Kier alpha value is -1.33. The topological polar surface area (TPSA) is 44.0 Å². The van der Waals surface area contributed by atoms with Crippen molar-refractivity contribution in [3.63, 3.8) is 0 Å². The van der Waals surface area contributed by atoms with Crippen LogP contribution in [0.1, 0.15) is 31.4 Å². The Morgan fingerprint density at radius 2 is 2.07 bits per heavy atom. The third kappa shape index (κ3) is 2.19. The number of hydrogen-bond donors (Lipinski definition) is 1. The van der Waals surface area contributed by atoms with Crippen molar-refractivity contribution >= 4 is 0 Å². The quantitative estimate of drug-likeness (QED) is 0.820. The third-order valence-electron chi connectivity index (χ3n) is 2.93. The highest BCUT2D eigenvalue weighted by Crippen LogP contribution is 2.32. The van der Waals surface area contributed by atoms with E-state index in [1.807, 2.05) is 38.1 Å². The molecule has 1 aromatic carbocycles. The summed E-state index contributed by atoms with van der Waals surface area (Å²) in [5.41, 5.74) is 0.809. The normalized spacial score (nSPS) is 16.5. The molecule has 0 saturated carbocycles. The van der Waals surface area contributed by atoms with Crippen molar-refractivity contribution in [1.82, 2.24) is 0 Å². The van der Waals surface area contributed by atoms with E-state index in [2.05, 4.69) is 6.07 Å². The van der Waals surface area contributed by atoms with Crippen LogP contribution in [0.15, 0.2) is 24.3 Å². The molecule has 0 heterocycles. The fraction of sp³-hybridized carbons (Fsp3) is 0.462. The first-order chi connectivity index (χ1) is 7.04. The summed E-state index contributed by atoms with van der Waals surface area (Å²) < 4.78 is 0. The average Bonchev–Trinajstić information content (AvgIpc) is 2.19. The van der Waals surface area contributed by atoms with Crippen molar-refractivity contribution in [3.8, 4) is 6.07 Å². The standard InChI is InChI=1S/C13H17NO/c1-4-11(9-14)13(3,15)12-8-6-5-7-10(12)2/h5-8,11,15H,4H2,1-3H3. The zero-order chi connectivity index (χ0) is 11.5. The lowest BCUT2D eigenvalue weighted by Gasteiger charge is -2.29. The van der Waals surface area contributed by atoms with E-state index in [1.54, 1.807) is 6.92 Å². The van der Waals surface area contributed by atoms with Crippen LogP contribution in [0, 0.1) is 24.2 Å². The van der Waals surface area contributed by atoms with E-state index in [0.29, 0.717) is 6.42 Å². The van der Waals surface area contributed by atoms with Crippen molar-refractivity contribution in [2.24, 2.45) is 5.92 Å². The smallest absolute Gasteiger partial charge is 0.103 e. The SMILES string of the molecule is CCC(C#N)C(C)(O)c1ccccc1C. The van der Waals surface area contributed by atoms with Crippen LogP contribution in [0.3, 0.4) is 0 Å². The highest BCUT2D eigenvalue weighted by atomic mass is 16.3. The molecule has 0 aliphatic rings. The van der Waals surface area contributed by atoms with Crippen molar-refractivity contribution in [2.45, 2.75) is 32.8 Å². The molecule has 1 aromatic rings. The first-order valence-corrected chi connectivity index (χ1v) is 5.22. The van der Waals surface area contributed by atoms with Crippen LogP contribution in [0.4, 0.5) is 0 Å². The minimum Gasteiger partial charge on any atom is -0.384 e. The maximum atomic E-state index is 10.4. The second kappa shape index (κ2) is 4.46. The van der Waals surface area contributed by atoms with Gasteiger partial charge in [0.25, 0.3) is 0 Å². The second-order valence-corrected chi connectivity index (χ2v) is 4.05. The summed E-state index contributed by atoms with van der Waals surface area (Å²) in [5.74, 6) is -0.362. The summed E-state index contributed by atoms with van der Waals surface area (Å²) in [7, 11) is 0. The summed E-state index contributed by atoms with van der Waals surface area (Å²) in [6, 6.07) is 9.83. The Bertz CT molecular complexity index is 376. The lowest BCUT2D eigenvalue weighted by Crippen LogP contribution is -2.31. The van der Waals surface area contributed by atoms with Gasteiger partial charge in [0, 0.05) is 0 Å². The van der Waals surface area contributed by atoms with Crippen LogP contribution in [0.5, 0.6) is 0 Å². The maximum Gasteiger partial charge on any atom is 0.103 e. The highest BCUT2D eigenvalue weighted by Gasteiger charge is 2.33. The van der Waals surface area contributed by atoms with Crippen LogP contribution < -0.4 is 0 Å². The average molecular weight is 203 g/mol. The van der Waals surface area contributed by atoms with E-state index < -0.39 is 5.60 Å². The molecule has 1 N–H and O–H groups in total. The van der Waals surface area contributed by atoms with Crippen molar-refractivity contribution in [3.05, 3.63) is 35.4 Å². The number of hydrogen-bond acceptors (Lipinski definition) is 2. The lowest BCUT2D eigenvalue weighted by molar-refractivity contribution is 0.0145. The molecular formula is C13H17NO. The van der Waals surface area contributed by atoms with E-state index in [0.717, 1.165) is 11.1 Å². The first kappa shape index (κ1) is 11.7. The molecule has 1 rings (SSSR count). The van der Waals surface area contributed by atoms with Gasteiger partial charge in [-0.3, -0.25) is 0 Å². The molecule has 0 aliphatic heterocycles. The Balaban J connectivity index is 3.17. The molecule has 15 heavy (non-hydrogen) atoms. The molecule has 0 spiro atoms. The van der Waals surface area contributed by atoms with Gasteiger partial charge in [0.2, 0.25) is 0 Å². The zero-order valence-electron chi connectivity index (χ0n) is 9.49. The van der Waals surface area contributed by atoms with Crippen LogP contribution in [0.2, 0.25) is 0 Å². The summed E-state index contributed by atoms with van der Waals surface area (Å²) in [6.45, 7) is 5.58. The summed E-state index contributed by atoms with van der Waals surface area (Å²) in [6.07, 6.45) is 0.651. The van der Waals surface area contributed by atoms with Crippen LogP contribution in [-0.4, -0.2) is 5.11 Å². The number of nitriles is 1. The molecule has 80 valence electrons. The second-order valence-electron chi connectivity index (χ2n) is 4.05. The Morgan fingerprint density at radius 1 is 1.47 bits per heavy atom. The summed E-state index contributed by atoms with van der Waals surface area (Å²) in [5, 5.41) is 19.4. The molecule has 2 heteroatoms. The number of aliphatic hydroxyl groups is 1. The molecule has 0 saturated heterocycles. The van der Waals surface area contributed by atoms with E-state index in [-0.39, 0.29) is 5.92 Å². The predicted molar refractivity (Wildman–Crippen MR) is 60.1 cm³/mol. The molecule has 0 radical (unpaired) electrons. The molecule has 0 aromatic heterocycles. The maximum absolute atomic E-state index is 10.4. The van der Waals surface area contributed by atoms with Gasteiger partial charge < -0.3 is 5.11 Å². The van der Waals surface area contributed by atoms with Crippen molar-refractivity contribution in [1.29, 1.82) is 5.26 Å². The van der Waals surface area contributed by atoms with E-state index in [4.69, 9.17) is 5.26 Å². The fourth-order valence-electron chi connectivity index (χ4n) is 1.94. The molecule has 2 unspecified atom stereocenters. The predicted octanol–water partition coefficient (Wildman–Crippen LogP) is 2.75. The van der Waals surface area contributed by atoms with Crippen molar-refractivity contribution in [2.75, 3.05) is 0 Å². The molecular weight excluding hydrogens is 186 g/mol. The van der Waals surface area contributed by atoms with Gasteiger partial charge in [0.05, 0.1) is 12.0 Å². The van der Waals surface area contributed by atoms with Gasteiger partial charge in [0.15, 0.2) is 0 Å². The monoisotopic (exact) mass is 203 g/mol. The number of nitrogens with zero attached hydrogens (tertiary/aromatic N) is 1. The van der Waals surface area contributed by atoms with Crippen LogP contribution in [0.25, 0.3) is 0 Å². The fourth-order valence-corrected chi connectivity index (χ4v) is 1.94. The van der Waals surface area contributed by atoms with E-state index in [9.17, 15) is 5.11 Å². The van der Waals surface area contributed by atoms with Crippen molar-refractivity contribution < 1.29 is 5.11 Å². The molecule has 0 aliphatic carbocycles. The highest BCUT2D eigenvalue weighted by molar-refractivity contribution is 5.32. The van der Waals surface area contributed by atoms with Gasteiger partial charge in [-0.05, 0) is 31.4 Å². The van der Waals surface area contributed by atoms with Gasteiger partial charge in [0.1, 0.15) is 5.60 Å². The number of benzene rings is 1.